The van der Waals surface area contributed by atoms with Crippen LogP contribution < -0.4 is 10.6 Å². The Bertz CT molecular complexity index is 451. The molecule has 5 heteroatoms. The molecule has 1 fully saturated rings. The quantitative estimate of drug-likeness (QED) is 0.776. The second kappa shape index (κ2) is 8.93. The predicted octanol–water partition coefficient (Wildman–Crippen LogP) is 2.90. The number of amides is 1. The number of hydrogen-bond acceptors (Lipinski definition) is 3. The van der Waals surface area contributed by atoms with Crippen molar-refractivity contribution in [3.63, 3.8) is 0 Å². The number of rotatable bonds is 8. The number of nitrogens with one attached hydrogen (secondary N) is 2. The van der Waals surface area contributed by atoms with Gasteiger partial charge in [0.1, 0.15) is 5.69 Å². The van der Waals surface area contributed by atoms with Gasteiger partial charge in [0.05, 0.1) is 6.04 Å². The molecule has 2 heterocycles. The fourth-order valence-corrected chi connectivity index (χ4v) is 3.07. The molecule has 1 saturated heterocycles. The van der Waals surface area contributed by atoms with E-state index in [1.165, 1.54) is 12.8 Å². The summed E-state index contributed by atoms with van der Waals surface area (Å²) < 4.78 is 1.95. The van der Waals surface area contributed by atoms with Gasteiger partial charge in [0.2, 0.25) is 0 Å². The molecular weight excluding hydrogens is 276 g/mol. The summed E-state index contributed by atoms with van der Waals surface area (Å²) in [5, 5.41) is 11.0. The van der Waals surface area contributed by atoms with E-state index in [2.05, 4.69) is 29.6 Å². The zero-order chi connectivity index (χ0) is 15.8. The highest BCUT2D eigenvalue weighted by Crippen LogP contribution is 2.16. The number of hydrogen-bond donors (Lipinski definition) is 2. The molecule has 1 aromatic heterocycles. The second-order valence-electron chi connectivity index (χ2n) is 6.28. The Balaban J connectivity index is 1.92. The molecule has 0 saturated carbocycles. The van der Waals surface area contributed by atoms with Gasteiger partial charge in [0.25, 0.3) is 5.91 Å². The minimum absolute atomic E-state index is 0.0305. The zero-order valence-electron chi connectivity index (χ0n) is 14.0. The highest BCUT2D eigenvalue weighted by Gasteiger charge is 2.19. The molecule has 1 aromatic rings. The molecule has 1 amide bonds. The molecule has 1 aliphatic rings. The molecule has 0 spiro atoms. The van der Waals surface area contributed by atoms with Crippen LogP contribution in [0.25, 0.3) is 0 Å². The number of carbonyl (C=O) groups excluding carboxylic acids is 1. The van der Waals surface area contributed by atoms with Crippen molar-refractivity contribution < 1.29 is 4.79 Å². The molecule has 1 aliphatic heterocycles. The van der Waals surface area contributed by atoms with Crippen LogP contribution >= 0.6 is 0 Å². The van der Waals surface area contributed by atoms with Gasteiger partial charge in [-0.3, -0.25) is 9.48 Å². The zero-order valence-corrected chi connectivity index (χ0v) is 14.0. The van der Waals surface area contributed by atoms with Gasteiger partial charge >= 0.3 is 0 Å². The fourth-order valence-electron chi connectivity index (χ4n) is 3.07. The van der Waals surface area contributed by atoms with E-state index in [-0.39, 0.29) is 11.9 Å². The Kier molecular flexibility index (Phi) is 6.90. The average molecular weight is 306 g/mol. The first-order valence-electron chi connectivity index (χ1n) is 8.81. The van der Waals surface area contributed by atoms with Crippen molar-refractivity contribution >= 4 is 5.91 Å². The highest BCUT2D eigenvalue weighted by molar-refractivity contribution is 5.92. The first-order chi connectivity index (χ1) is 10.7. The topological polar surface area (TPSA) is 59.0 Å². The van der Waals surface area contributed by atoms with Crippen LogP contribution in [-0.4, -0.2) is 34.8 Å². The number of nitrogens with zero attached hydrogens (tertiary/aromatic N) is 2. The predicted molar refractivity (Wildman–Crippen MR) is 89.1 cm³/mol. The van der Waals surface area contributed by atoms with Crippen LogP contribution in [0.15, 0.2) is 12.3 Å². The van der Waals surface area contributed by atoms with Gasteiger partial charge in [-0.25, -0.2) is 0 Å². The molecule has 0 bridgehead atoms. The van der Waals surface area contributed by atoms with E-state index in [1.54, 1.807) is 0 Å². The summed E-state index contributed by atoms with van der Waals surface area (Å²) in [5.41, 5.74) is 0.545. The maximum absolute atomic E-state index is 12.4. The van der Waals surface area contributed by atoms with E-state index in [0.717, 1.165) is 45.2 Å². The minimum atomic E-state index is -0.0305. The van der Waals surface area contributed by atoms with Crippen molar-refractivity contribution in [1.29, 1.82) is 0 Å². The van der Waals surface area contributed by atoms with E-state index in [4.69, 9.17) is 0 Å². The second-order valence-corrected chi connectivity index (χ2v) is 6.28. The lowest BCUT2D eigenvalue weighted by Crippen LogP contribution is -2.35. The third-order valence-electron chi connectivity index (χ3n) is 4.36. The van der Waals surface area contributed by atoms with Crippen LogP contribution in [0.1, 0.15) is 75.3 Å². The third-order valence-corrected chi connectivity index (χ3v) is 4.36. The van der Waals surface area contributed by atoms with Gasteiger partial charge in [0, 0.05) is 18.8 Å². The van der Waals surface area contributed by atoms with Crippen molar-refractivity contribution in [2.24, 2.45) is 0 Å². The molecule has 0 aromatic carbocycles. The van der Waals surface area contributed by atoms with Gasteiger partial charge in [-0.05, 0) is 38.3 Å². The van der Waals surface area contributed by atoms with E-state index >= 15 is 0 Å². The molecule has 22 heavy (non-hydrogen) atoms. The van der Waals surface area contributed by atoms with Crippen molar-refractivity contribution in [2.75, 3.05) is 13.1 Å². The molecule has 0 aliphatic carbocycles. The van der Waals surface area contributed by atoms with Crippen LogP contribution in [0.5, 0.6) is 0 Å². The molecule has 0 radical (unpaired) electrons. The summed E-state index contributed by atoms with van der Waals surface area (Å²) in [5.74, 6) is -0.0305. The SMILES string of the molecule is CCCCC(CCC)NC(=O)c1ccn(C2CCCNC2)n1. The Morgan fingerprint density at radius 3 is 3.00 bits per heavy atom. The summed E-state index contributed by atoms with van der Waals surface area (Å²) in [4.78, 5) is 12.4. The van der Waals surface area contributed by atoms with Crippen LogP contribution in [0.2, 0.25) is 0 Å². The first kappa shape index (κ1) is 17.0. The molecule has 5 nitrogen and oxygen atoms in total. The summed E-state index contributed by atoms with van der Waals surface area (Å²) >= 11 is 0. The maximum atomic E-state index is 12.4. The minimum Gasteiger partial charge on any atom is -0.348 e. The fraction of sp³-hybridized carbons (Fsp3) is 0.765. The standard InChI is InChI=1S/C17H30N4O/c1-3-5-8-14(7-4-2)19-17(22)16-10-12-21(20-16)15-9-6-11-18-13-15/h10,12,14-15,18H,3-9,11,13H2,1-2H3,(H,19,22). The summed E-state index contributed by atoms with van der Waals surface area (Å²) in [6.07, 6.45) is 9.76. The molecule has 2 rings (SSSR count). The highest BCUT2D eigenvalue weighted by atomic mass is 16.2. The van der Waals surface area contributed by atoms with Crippen molar-refractivity contribution in [3.05, 3.63) is 18.0 Å². The van der Waals surface area contributed by atoms with Crippen molar-refractivity contribution in [1.82, 2.24) is 20.4 Å². The van der Waals surface area contributed by atoms with Gasteiger partial charge < -0.3 is 10.6 Å². The monoisotopic (exact) mass is 306 g/mol. The summed E-state index contributed by atoms with van der Waals surface area (Å²) in [6.45, 7) is 6.37. The largest absolute Gasteiger partial charge is 0.348 e. The van der Waals surface area contributed by atoms with E-state index < -0.39 is 0 Å². The molecular formula is C17H30N4O. The molecule has 2 unspecified atom stereocenters. The maximum Gasteiger partial charge on any atom is 0.271 e. The van der Waals surface area contributed by atoms with E-state index in [9.17, 15) is 4.79 Å². The Labute approximate surface area is 133 Å². The lowest BCUT2D eigenvalue weighted by molar-refractivity contribution is 0.0925. The van der Waals surface area contributed by atoms with Crippen LogP contribution in [0.4, 0.5) is 0 Å². The number of piperidine rings is 1. The van der Waals surface area contributed by atoms with Gasteiger partial charge in [-0.1, -0.05) is 33.1 Å². The molecule has 2 atom stereocenters. The van der Waals surface area contributed by atoms with Crippen LogP contribution in [0, 0.1) is 0 Å². The van der Waals surface area contributed by atoms with Crippen molar-refractivity contribution in [3.8, 4) is 0 Å². The third kappa shape index (κ3) is 4.83. The first-order valence-corrected chi connectivity index (χ1v) is 8.81. The normalized spacial score (nSPS) is 19.8. The van der Waals surface area contributed by atoms with Crippen LogP contribution in [-0.2, 0) is 0 Å². The van der Waals surface area contributed by atoms with Crippen LogP contribution in [0.3, 0.4) is 0 Å². The van der Waals surface area contributed by atoms with Gasteiger partial charge in [-0.15, -0.1) is 0 Å². The number of aromatic nitrogens is 2. The summed E-state index contributed by atoms with van der Waals surface area (Å²) in [7, 11) is 0. The van der Waals surface area contributed by atoms with Crippen molar-refractivity contribution in [2.45, 2.75) is 70.9 Å². The number of unbranched alkanes of at least 4 members (excludes halogenated alkanes) is 1. The smallest absolute Gasteiger partial charge is 0.271 e. The molecule has 124 valence electrons. The van der Waals surface area contributed by atoms with Gasteiger partial charge in [-0.2, -0.15) is 5.10 Å². The Hall–Kier alpha value is -1.36. The lowest BCUT2D eigenvalue weighted by atomic mass is 10.1. The lowest BCUT2D eigenvalue weighted by Gasteiger charge is -2.23. The van der Waals surface area contributed by atoms with E-state index in [0.29, 0.717) is 11.7 Å². The Morgan fingerprint density at radius 1 is 1.45 bits per heavy atom. The average Bonchev–Trinajstić information content (AvgIpc) is 3.04. The summed E-state index contributed by atoms with van der Waals surface area (Å²) in [6, 6.07) is 2.49. The molecule has 2 N–H and O–H groups in total. The Morgan fingerprint density at radius 2 is 2.32 bits per heavy atom. The van der Waals surface area contributed by atoms with E-state index in [1.807, 2.05) is 16.9 Å². The van der Waals surface area contributed by atoms with Gasteiger partial charge in [0.15, 0.2) is 0 Å². The number of carbonyl (C=O) groups is 1.